The summed E-state index contributed by atoms with van der Waals surface area (Å²) in [5.74, 6) is 0. The van der Waals surface area contributed by atoms with Crippen LogP contribution < -0.4 is 10.6 Å². The molecule has 0 aliphatic carbocycles. The first kappa shape index (κ1) is 11.7. The molecule has 1 unspecified atom stereocenters. The molecule has 1 aromatic carbocycles. The lowest BCUT2D eigenvalue weighted by Gasteiger charge is -2.23. The van der Waals surface area contributed by atoms with Crippen molar-refractivity contribution in [1.29, 1.82) is 0 Å². The summed E-state index contributed by atoms with van der Waals surface area (Å²) in [6, 6.07) is 7.03. The SMILES string of the molecule is c1nc2ccc(CNCC3CCCCN3)cc2[nH]1. The van der Waals surface area contributed by atoms with Crippen LogP contribution in [-0.2, 0) is 6.54 Å². The Hall–Kier alpha value is -1.39. The summed E-state index contributed by atoms with van der Waals surface area (Å²) in [5, 5.41) is 7.08. The second kappa shape index (κ2) is 5.50. The van der Waals surface area contributed by atoms with Crippen molar-refractivity contribution in [2.45, 2.75) is 31.8 Å². The smallest absolute Gasteiger partial charge is 0.0931 e. The Kier molecular flexibility index (Phi) is 3.57. The predicted molar refractivity (Wildman–Crippen MR) is 73.4 cm³/mol. The van der Waals surface area contributed by atoms with Crippen LogP contribution in [0.1, 0.15) is 24.8 Å². The van der Waals surface area contributed by atoms with Crippen LogP contribution in [0.4, 0.5) is 0 Å². The Morgan fingerprint density at radius 3 is 3.22 bits per heavy atom. The largest absolute Gasteiger partial charge is 0.345 e. The van der Waals surface area contributed by atoms with E-state index in [-0.39, 0.29) is 0 Å². The van der Waals surface area contributed by atoms with Crippen LogP contribution in [0.3, 0.4) is 0 Å². The molecule has 1 saturated heterocycles. The Balaban J connectivity index is 1.52. The lowest BCUT2D eigenvalue weighted by atomic mass is 10.1. The van der Waals surface area contributed by atoms with Gasteiger partial charge in [0.2, 0.25) is 0 Å². The molecule has 0 amide bonds. The third-order valence-electron chi connectivity index (χ3n) is 3.62. The zero-order valence-electron chi connectivity index (χ0n) is 10.6. The van der Waals surface area contributed by atoms with Crippen molar-refractivity contribution in [2.75, 3.05) is 13.1 Å². The van der Waals surface area contributed by atoms with E-state index in [4.69, 9.17) is 0 Å². The predicted octanol–water partition coefficient (Wildman–Crippen LogP) is 1.79. The molecule has 2 heterocycles. The van der Waals surface area contributed by atoms with E-state index in [0.717, 1.165) is 24.1 Å². The lowest BCUT2D eigenvalue weighted by Crippen LogP contribution is -2.41. The molecule has 1 fully saturated rings. The van der Waals surface area contributed by atoms with Gasteiger partial charge in [-0.05, 0) is 37.1 Å². The van der Waals surface area contributed by atoms with Crippen LogP contribution in [-0.4, -0.2) is 29.1 Å². The fourth-order valence-corrected chi connectivity index (χ4v) is 2.58. The highest BCUT2D eigenvalue weighted by atomic mass is 15.0. The van der Waals surface area contributed by atoms with Crippen molar-refractivity contribution in [1.82, 2.24) is 20.6 Å². The molecule has 4 heteroatoms. The van der Waals surface area contributed by atoms with Gasteiger partial charge in [0.25, 0.3) is 0 Å². The Bertz CT molecular complexity index is 499. The highest BCUT2D eigenvalue weighted by Gasteiger charge is 2.11. The Morgan fingerprint density at radius 1 is 1.33 bits per heavy atom. The van der Waals surface area contributed by atoms with E-state index >= 15 is 0 Å². The third kappa shape index (κ3) is 2.71. The molecule has 1 atom stereocenters. The average Bonchev–Trinajstić information content (AvgIpc) is 2.87. The van der Waals surface area contributed by atoms with Crippen LogP contribution in [0.2, 0.25) is 0 Å². The summed E-state index contributed by atoms with van der Waals surface area (Å²) in [5.41, 5.74) is 3.46. The molecular formula is C14H20N4. The quantitative estimate of drug-likeness (QED) is 0.768. The minimum absolute atomic E-state index is 0.648. The minimum Gasteiger partial charge on any atom is -0.345 e. The molecule has 1 aliphatic heterocycles. The Labute approximate surface area is 107 Å². The monoisotopic (exact) mass is 244 g/mol. The molecule has 2 aromatic rings. The molecule has 0 bridgehead atoms. The van der Waals surface area contributed by atoms with Gasteiger partial charge in [0.1, 0.15) is 0 Å². The number of aromatic amines is 1. The number of piperidine rings is 1. The molecule has 0 radical (unpaired) electrons. The van der Waals surface area contributed by atoms with Crippen molar-refractivity contribution < 1.29 is 0 Å². The van der Waals surface area contributed by atoms with Gasteiger partial charge in [-0.1, -0.05) is 12.5 Å². The van der Waals surface area contributed by atoms with E-state index in [9.17, 15) is 0 Å². The molecule has 3 N–H and O–H groups in total. The van der Waals surface area contributed by atoms with E-state index in [1.807, 2.05) is 0 Å². The number of aromatic nitrogens is 2. The standard InChI is InChI=1S/C14H20N4/c1-2-6-16-12(3-1)9-15-8-11-4-5-13-14(7-11)18-10-17-13/h4-5,7,10,12,15-16H,1-3,6,8-9H2,(H,17,18). The van der Waals surface area contributed by atoms with Gasteiger partial charge < -0.3 is 15.6 Å². The first-order valence-electron chi connectivity index (χ1n) is 6.78. The number of H-pyrrole nitrogens is 1. The van der Waals surface area contributed by atoms with Gasteiger partial charge in [-0.25, -0.2) is 4.98 Å². The van der Waals surface area contributed by atoms with Gasteiger partial charge in [-0.3, -0.25) is 0 Å². The first-order valence-corrected chi connectivity index (χ1v) is 6.78. The fourth-order valence-electron chi connectivity index (χ4n) is 2.58. The fraction of sp³-hybridized carbons (Fsp3) is 0.500. The number of benzene rings is 1. The molecule has 96 valence electrons. The number of imidazole rings is 1. The summed E-state index contributed by atoms with van der Waals surface area (Å²) in [6.07, 6.45) is 5.73. The highest BCUT2D eigenvalue weighted by Crippen LogP contribution is 2.11. The molecule has 1 aromatic heterocycles. The van der Waals surface area contributed by atoms with Crippen LogP contribution >= 0.6 is 0 Å². The number of nitrogens with one attached hydrogen (secondary N) is 3. The topological polar surface area (TPSA) is 52.7 Å². The summed E-state index contributed by atoms with van der Waals surface area (Å²) in [7, 11) is 0. The van der Waals surface area contributed by atoms with Crippen LogP contribution in [0, 0.1) is 0 Å². The minimum atomic E-state index is 0.648. The summed E-state index contributed by atoms with van der Waals surface area (Å²) >= 11 is 0. The van der Waals surface area contributed by atoms with Crippen molar-refractivity contribution >= 4 is 11.0 Å². The average molecular weight is 244 g/mol. The second-order valence-electron chi connectivity index (χ2n) is 5.03. The second-order valence-corrected chi connectivity index (χ2v) is 5.03. The molecule has 0 spiro atoms. The molecule has 0 saturated carbocycles. The van der Waals surface area contributed by atoms with Crippen LogP contribution in [0.5, 0.6) is 0 Å². The normalized spacial score (nSPS) is 20.3. The maximum atomic E-state index is 4.23. The van der Waals surface area contributed by atoms with Gasteiger partial charge in [-0.2, -0.15) is 0 Å². The van der Waals surface area contributed by atoms with Crippen molar-refractivity contribution in [3.63, 3.8) is 0 Å². The van der Waals surface area contributed by atoms with E-state index in [1.54, 1.807) is 6.33 Å². The van der Waals surface area contributed by atoms with Crippen molar-refractivity contribution in [3.8, 4) is 0 Å². The maximum absolute atomic E-state index is 4.23. The number of rotatable bonds is 4. The van der Waals surface area contributed by atoms with Crippen LogP contribution in [0.15, 0.2) is 24.5 Å². The van der Waals surface area contributed by atoms with Gasteiger partial charge in [-0.15, -0.1) is 0 Å². The molecular weight excluding hydrogens is 224 g/mol. The molecule has 4 nitrogen and oxygen atoms in total. The molecule has 3 rings (SSSR count). The van der Waals surface area contributed by atoms with E-state index in [2.05, 4.69) is 38.8 Å². The van der Waals surface area contributed by atoms with Gasteiger partial charge in [0.15, 0.2) is 0 Å². The van der Waals surface area contributed by atoms with Gasteiger partial charge in [0.05, 0.1) is 17.4 Å². The zero-order chi connectivity index (χ0) is 12.2. The molecule has 1 aliphatic rings. The van der Waals surface area contributed by atoms with Gasteiger partial charge >= 0.3 is 0 Å². The summed E-state index contributed by atoms with van der Waals surface area (Å²) in [4.78, 5) is 7.38. The van der Waals surface area contributed by atoms with Crippen molar-refractivity contribution in [3.05, 3.63) is 30.1 Å². The lowest BCUT2D eigenvalue weighted by molar-refractivity contribution is 0.383. The number of hydrogen-bond donors (Lipinski definition) is 3. The van der Waals surface area contributed by atoms with E-state index < -0.39 is 0 Å². The summed E-state index contributed by atoms with van der Waals surface area (Å²) < 4.78 is 0. The van der Waals surface area contributed by atoms with E-state index in [0.29, 0.717) is 6.04 Å². The number of nitrogens with zero attached hydrogens (tertiary/aromatic N) is 1. The zero-order valence-corrected chi connectivity index (χ0v) is 10.6. The molecule has 18 heavy (non-hydrogen) atoms. The Morgan fingerprint density at radius 2 is 2.33 bits per heavy atom. The van der Waals surface area contributed by atoms with Gasteiger partial charge in [0, 0.05) is 19.1 Å². The first-order chi connectivity index (χ1) is 8.92. The highest BCUT2D eigenvalue weighted by molar-refractivity contribution is 5.74. The summed E-state index contributed by atoms with van der Waals surface area (Å²) in [6.45, 7) is 3.15. The third-order valence-corrected chi connectivity index (χ3v) is 3.62. The van der Waals surface area contributed by atoms with Crippen molar-refractivity contribution in [2.24, 2.45) is 0 Å². The maximum Gasteiger partial charge on any atom is 0.0931 e. The number of hydrogen-bond acceptors (Lipinski definition) is 3. The number of fused-ring (bicyclic) bond motifs is 1. The van der Waals surface area contributed by atoms with Crippen LogP contribution in [0.25, 0.3) is 11.0 Å². The van der Waals surface area contributed by atoms with E-state index in [1.165, 1.54) is 31.4 Å².